The predicted octanol–water partition coefficient (Wildman–Crippen LogP) is 2.72. The van der Waals surface area contributed by atoms with Gasteiger partial charge in [0.05, 0.1) is 12.8 Å². The van der Waals surface area contributed by atoms with Gasteiger partial charge in [-0.15, -0.1) is 0 Å². The number of ether oxygens (including phenoxy) is 1. The van der Waals surface area contributed by atoms with Crippen molar-refractivity contribution in [3.63, 3.8) is 0 Å². The zero-order valence-corrected chi connectivity index (χ0v) is 10.9. The van der Waals surface area contributed by atoms with Gasteiger partial charge in [-0.1, -0.05) is 19.9 Å². The zero-order chi connectivity index (χ0) is 12.5. The molecule has 94 valence electrons. The minimum atomic E-state index is 0.0156. The Morgan fingerprint density at radius 1 is 1.41 bits per heavy atom. The molecule has 0 amide bonds. The first-order chi connectivity index (χ1) is 8.04. The third-order valence-corrected chi connectivity index (χ3v) is 3.42. The third kappa shape index (κ3) is 2.91. The molecular weight excluding hydrogens is 212 g/mol. The molecular formula is C14H22N2O. The van der Waals surface area contributed by atoms with Crippen LogP contribution >= 0.6 is 0 Å². The van der Waals surface area contributed by atoms with Crippen LogP contribution in [0.25, 0.3) is 0 Å². The Kier molecular flexibility index (Phi) is 3.29. The molecule has 0 spiro atoms. The molecule has 0 aliphatic heterocycles. The molecule has 2 rings (SSSR count). The van der Waals surface area contributed by atoms with Crippen LogP contribution in [0, 0.1) is 0 Å². The molecule has 0 saturated heterocycles. The maximum atomic E-state index is 6.06. The molecule has 3 N–H and O–H groups in total. The summed E-state index contributed by atoms with van der Waals surface area (Å²) >= 11 is 0. The molecule has 1 aromatic rings. The number of rotatable bonds is 5. The number of anilines is 1. The number of methoxy groups -OCH3 is 1. The molecule has 0 unspecified atom stereocenters. The molecule has 0 atom stereocenters. The van der Waals surface area contributed by atoms with Crippen LogP contribution in [0.15, 0.2) is 18.2 Å². The van der Waals surface area contributed by atoms with Gasteiger partial charge in [-0.3, -0.25) is 0 Å². The Bertz CT molecular complexity index is 397. The van der Waals surface area contributed by atoms with E-state index in [0.29, 0.717) is 5.92 Å². The Balaban J connectivity index is 2.10. The molecule has 3 nitrogen and oxygen atoms in total. The van der Waals surface area contributed by atoms with Crippen LogP contribution in [0.4, 0.5) is 5.69 Å². The van der Waals surface area contributed by atoms with Gasteiger partial charge in [-0.2, -0.15) is 0 Å². The predicted molar refractivity (Wildman–Crippen MR) is 71.7 cm³/mol. The lowest BCUT2D eigenvalue weighted by atomic mass is 10.0. The fourth-order valence-corrected chi connectivity index (χ4v) is 1.82. The average Bonchev–Trinajstić information content (AvgIpc) is 3.05. The summed E-state index contributed by atoms with van der Waals surface area (Å²) in [6, 6.07) is 6.33. The summed E-state index contributed by atoms with van der Waals surface area (Å²) in [5.41, 5.74) is 8.40. The van der Waals surface area contributed by atoms with E-state index in [0.717, 1.165) is 30.8 Å². The van der Waals surface area contributed by atoms with Crippen molar-refractivity contribution in [2.75, 3.05) is 19.0 Å². The van der Waals surface area contributed by atoms with E-state index in [9.17, 15) is 0 Å². The van der Waals surface area contributed by atoms with Crippen molar-refractivity contribution in [3.05, 3.63) is 23.8 Å². The van der Waals surface area contributed by atoms with Crippen LogP contribution in [0.1, 0.15) is 38.2 Å². The lowest BCUT2D eigenvalue weighted by Gasteiger charge is -2.16. The van der Waals surface area contributed by atoms with Crippen molar-refractivity contribution >= 4 is 5.69 Å². The highest BCUT2D eigenvalue weighted by Crippen LogP contribution is 2.34. The van der Waals surface area contributed by atoms with Crippen LogP contribution in [0.3, 0.4) is 0 Å². The highest BCUT2D eigenvalue weighted by molar-refractivity contribution is 5.58. The van der Waals surface area contributed by atoms with Crippen LogP contribution in [0.5, 0.6) is 5.75 Å². The van der Waals surface area contributed by atoms with Gasteiger partial charge in [0, 0.05) is 12.1 Å². The molecule has 1 aromatic carbocycles. The second-order valence-electron chi connectivity index (χ2n) is 5.33. The van der Waals surface area contributed by atoms with E-state index in [4.69, 9.17) is 10.5 Å². The van der Waals surface area contributed by atoms with E-state index in [-0.39, 0.29) is 5.54 Å². The van der Waals surface area contributed by atoms with E-state index < -0.39 is 0 Å². The number of hydrogen-bond donors (Lipinski definition) is 2. The average molecular weight is 234 g/mol. The Morgan fingerprint density at radius 3 is 2.65 bits per heavy atom. The van der Waals surface area contributed by atoms with Gasteiger partial charge < -0.3 is 15.8 Å². The van der Waals surface area contributed by atoms with E-state index in [1.807, 2.05) is 0 Å². The lowest BCUT2D eigenvalue weighted by Crippen LogP contribution is -2.31. The van der Waals surface area contributed by atoms with Crippen molar-refractivity contribution in [1.29, 1.82) is 0 Å². The summed E-state index contributed by atoms with van der Waals surface area (Å²) in [6.45, 7) is 5.19. The molecule has 1 saturated carbocycles. The minimum Gasteiger partial charge on any atom is -0.495 e. The maximum absolute atomic E-state index is 6.06. The first-order valence-corrected chi connectivity index (χ1v) is 6.25. The van der Waals surface area contributed by atoms with Crippen LogP contribution < -0.4 is 15.8 Å². The quantitative estimate of drug-likeness (QED) is 0.823. The summed E-state index contributed by atoms with van der Waals surface area (Å²) in [6.07, 6.45) is 2.23. The monoisotopic (exact) mass is 234 g/mol. The Morgan fingerprint density at radius 2 is 2.12 bits per heavy atom. The van der Waals surface area contributed by atoms with Gasteiger partial charge in [0.1, 0.15) is 5.75 Å². The maximum Gasteiger partial charge on any atom is 0.142 e. The highest BCUT2D eigenvalue weighted by Gasteiger charge is 2.37. The SMILES string of the molecule is COc1cc(C(C)C)ccc1NCC1(N)CC1. The van der Waals surface area contributed by atoms with E-state index in [2.05, 4.69) is 37.4 Å². The smallest absolute Gasteiger partial charge is 0.142 e. The molecule has 0 bridgehead atoms. The Labute approximate surface area is 103 Å². The largest absolute Gasteiger partial charge is 0.495 e. The van der Waals surface area contributed by atoms with Gasteiger partial charge in [0.25, 0.3) is 0 Å². The number of hydrogen-bond acceptors (Lipinski definition) is 3. The first kappa shape index (κ1) is 12.2. The molecule has 1 aliphatic carbocycles. The van der Waals surface area contributed by atoms with Crippen molar-refractivity contribution < 1.29 is 4.74 Å². The molecule has 0 heterocycles. The van der Waals surface area contributed by atoms with E-state index in [1.165, 1.54) is 5.56 Å². The van der Waals surface area contributed by atoms with Crippen LogP contribution in [-0.4, -0.2) is 19.2 Å². The summed E-state index contributed by atoms with van der Waals surface area (Å²) in [5.74, 6) is 1.42. The molecule has 1 aliphatic rings. The van der Waals surface area contributed by atoms with Gasteiger partial charge >= 0.3 is 0 Å². The molecule has 0 radical (unpaired) electrons. The summed E-state index contributed by atoms with van der Waals surface area (Å²) in [5, 5.41) is 3.38. The fourth-order valence-electron chi connectivity index (χ4n) is 1.82. The first-order valence-electron chi connectivity index (χ1n) is 6.25. The highest BCUT2D eigenvalue weighted by atomic mass is 16.5. The zero-order valence-electron chi connectivity index (χ0n) is 10.9. The van der Waals surface area contributed by atoms with Crippen molar-refractivity contribution in [1.82, 2.24) is 0 Å². The molecule has 3 heteroatoms. The molecule has 1 fully saturated rings. The number of benzene rings is 1. The van der Waals surface area contributed by atoms with E-state index in [1.54, 1.807) is 7.11 Å². The molecule has 0 aromatic heterocycles. The van der Waals surface area contributed by atoms with Gasteiger partial charge in [-0.05, 0) is 36.5 Å². The van der Waals surface area contributed by atoms with Crippen LogP contribution in [-0.2, 0) is 0 Å². The second-order valence-corrected chi connectivity index (χ2v) is 5.33. The van der Waals surface area contributed by atoms with Crippen molar-refractivity contribution in [2.24, 2.45) is 5.73 Å². The normalized spacial score (nSPS) is 17.0. The summed E-state index contributed by atoms with van der Waals surface area (Å²) in [7, 11) is 1.71. The molecule has 17 heavy (non-hydrogen) atoms. The van der Waals surface area contributed by atoms with Crippen LogP contribution in [0.2, 0.25) is 0 Å². The van der Waals surface area contributed by atoms with Gasteiger partial charge in [0.15, 0.2) is 0 Å². The summed E-state index contributed by atoms with van der Waals surface area (Å²) < 4.78 is 5.42. The van der Waals surface area contributed by atoms with Gasteiger partial charge in [-0.25, -0.2) is 0 Å². The standard InChI is InChI=1S/C14H22N2O/c1-10(2)11-4-5-12(13(8-11)17-3)16-9-14(15)6-7-14/h4-5,8,10,16H,6-7,9,15H2,1-3H3. The van der Waals surface area contributed by atoms with Gasteiger partial charge in [0.2, 0.25) is 0 Å². The minimum absolute atomic E-state index is 0.0156. The number of nitrogens with one attached hydrogen (secondary N) is 1. The second kappa shape index (κ2) is 4.57. The Hall–Kier alpha value is -1.22. The van der Waals surface area contributed by atoms with Crippen molar-refractivity contribution in [2.45, 2.75) is 38.1 Å². The lowest BCUT2D eigenvalue weighted by molar-refractivity contribution is 0.415. The topological polar surface area (TPSA) is 47.3 Å². The third-order valence-electron chi connectivity index (χ3n) is 3.42. The van der Waals surface area contributed by atoms with Crippen molar-refractivity contribution in [3.8, 4) is 5.75 Å². The van der Waals surface area contributed by atoms with E-state index >= 15 is 0 Å². The number of nitrogens with two attached hydrogens (primary N) is 1. The summed E-state index contributed by atoms with van der Waals surface area (Å²) in [4.78, 5) is 0. The fraction of sp³-hybridized carbons (Fsp3) is 0.571.